The molecule has 1 aromatic carbocycles. The van der Waals surface area contributed by atoms with Gasteiger partial charge in [-0.1, -0.05) is 19.1 Å². The van der Waals surface area contributed by atoms with Crippen LogP contribution in [-0.4, -0.2) is 0 Å². The molecule has 0 heterocycles. The normalized spacial score (nSPS) is 8.00. The van der Waals surface area contributed by atoms with E-state index in [-0.39, 0.29) is 4.70 Å². The number of hydrogen-bond donors (Lipinski definition) is 0. The van der Waals surface area contributed by atoms with Crippen LogP contribution in [0.3, 0.4) is 0 Å². The van der Waals surface area contributed by atoms with Gasteiger partial charge in [0.05, 0.1) is 11.6 Å². The van der Waals surface area contributed by atoms with E-state index in [1.54, 1.807) is 0 Å². The molecule has 0 spiro atoms. The van der Waals surface area contributed by atoms with E-state index in [0.717, 1.165) is 12.0 Å². The Morgan fingerprint density at radius 1 is 1.27 bits per heavy atom. The smallest absolute Gasteiger partial charge is 0.0991 e. The molecule has 0 bridgehead atoms. The lowest BCUT2D eigenvalue weighted by Gasteiger charge is -1.92. The van der Waals surface area contributed by atoms with Crippen LogP contribution in [0.4, 0.5) is 4.70 Å². The first-order chi connectivity index (χ1) is 4.86. The maximum Gasteiger partial charge on any atom is 0.0991 e. The molecule has 0 radical (unpaired) electrons. The number of halogens is 1. The van der Waals surface area contributed by atoms with Crippen LogP contribution < -0.4 is 0 Å². The van der Waals surface area contributed by atoms with Gasteiger partial charge in [-0.2, -0.15) is 5.26 Å². The Balaban J connectivity index is 0.000001000. The summed E-state index contributed by atoms with van der Waals surface area (Å²) in [5, 5.41) is 8.45. The lowest BCUT2D eigenvalue weighted by molar-refractivity contribution is 1.11. The maximum atomic E-state index is 8.45. The predicted octanol–water partition coefficient (Wildman–Crippen LogP) is 2.27. The zero-order valence-corrected chi connectivity index (χ0v) is 6.37. The van der Waals surface area contributed by atoms with Gasteiger partial charge < -0.3 is 0 Å². The fourth-order valence-electron chi connectivity index (χ4n) is 0.815. The highest BCUT2D eigenvalue weighted by atomic mass is 19.0. The van der Waals surface area contributed by atoms with Crippen LogP contribution in [0, 0.1) is 11.3 Å². The first-order valence-electron chi connectivity index (χ1n) is 3.36. The molecule has 1 rings (SSSR count). The third-order valence-electron chi connectivity index (χ3n) is 1.49. The van der Waals surface area contributed by atoms with E-state index in [4.69, 9.17) is 5.26 Å². The van der Waals surface area contributed by atoms with Crippen LogP contribution in [0.2, 0.25) is 0 Å². The number of nitriles is 1. The molecule has 0 fully saturated rings. The van der Waals surface area contributed by atoms with E-state index in [2.05, 4.69) is 13.0 Å². The summed E-state index contributed by atoms with van der Waals surface area (Å²) in [6.45, 7) is 2.10. The summed E-state index contributed by atoms with van der Waals surface area (Å²) in [6.07, 6.45) is 1.03. The molecule has 0 saturated heterocycles. The minimum absolute atomic E-state index is 0. The first kappa shape index (κ1) is 9.64. The highest BCUT2D eigenvalue weighted by Gasteiger charge is 1.88. The lowest BCUT2D eigenvalue weighted by Crippen LogP contribution is -1.78. The lowest BCUT2D eigenvalue weighted by atomic mass is 10.1. The largest absolute Gasteiger partial charge is 0.269 e. The minimum atomic E-state index is 0. The summed E-state index contributed by atoms with van der Waals surface area (Å²) in [5.41, 5.74) is 2.01. The fraction of sp³-hybridized carbons (Fsp3) is 0.222. The molecule has 0 unspecified atom stereocenters. The summed E-state index contributed by atoms with van der Waals surface area (Å²) in [4.78, 5) is 0. The van der Waals surface area contributed by atoms with Crippen molar-refractivity contribution in [2.75, 3.05) is 0 Å². The van der Waals surface area contributed by atoms with Gasteiger partial charge >= 0.3 is 0 Å². The summed E-state index contributed by atoms with van der Waals surface area (Å²) in [6, 6.07) is 9.74. The maximum absolute atomic E-state index is 8.45. The second-order valence-corrected chi connectivity index (χ2v) is 2.16. The zero-order valence-electron chi connectivity index (χ0n) is 6.37. The van der Waals surface area contributed by atoms with E-state index in [0.29, 0.717) is 0 Å². The molecule has 0 saturated carbocycles. The van der Waals surface area contributed by atoms with Gasteiger partial charge in [0.1, 0.15) is 0 Å². The van der Waals surface area contributed by atoms with Gasteiger partial charge in [0.2, 0.25) is 0 Å². The van der Waals surface area contributed by atoms with Gasteiger partial charge in [-0.15, -0.1) is 0 Å². The van der Waals surface area contributed by atoms with Gasteiger partial charge in [-0.25, -0.2) is 0 Å². The number of rotatable bonds is 1. The Bertz CT molecular complexity index is 245. The Morgan fingerprint density at radius 3 is 2.18 bits per heavy atom. The topological polar surface area (TPSA) is 23.8 Å². The third kappa shape index (κ3) is 2.38. The van der Waals surface area contributed by atoms with Gasteiger partial charge in [0, 0.05) is 0 Å². The molecule has 0 amide bonds. The molecule has 0 aliphatic carbocycles. The molecule has 0 aromatic heterocycles. The number of nitrogens with zero attached hydrogens (tertiary/aromatic N) is 1. The van der Waals surface area contributed by atoms with Crippen LogP contribution >= 0.6 is 0 Å². The fourth-order valence-corrected chi connectivity index (χ4v) is 0.815. The average Bonchev–Trinajstić information content (AvgIpc) is 2.05. The van der Waals surface area contributed by atoms with Crippen molar-refractivity contribution < 1.29 is 4.70 Å². The molecule has 58 valence electrons. The monoisotopic (exact) mass is 151 g/mol. The second kappa shape index (κ2) is 4.45. The minimum Gasteiger partial charge on any atom is -0.269 e. The second-order valence-electron chi connectivity index (χ2n) is 2.16. The predicted molar refractivity (Wildman–Crippen MR) is 43.0 cm³/mol. The molecule has 1 aromatic rings. The summed E-state index contributed by atoms with van der Waals surface area (Å²) in [7, 11) is 0. The van der Waals surface area contributed by atoms with E-state index in [1.165, 1.54) is 5.56 Å². The Morgan fingerprint density at radius 2 is 1.82 bits per heavy atom. The summed E-state index contributed by atoms with van der Waals surface area (Å²) in [5.74, 6) is 0. The molecule has 1 nitrogen and oxygen atoms in total. The van der Waals surface area contributed by atoms with Gasteiger partial charge in [0.25, 0.3) is 0 Å². The highest BCUT2D eigenvalue weighted by molar-refractivity contribution is 5.31. The first-order valence-corrected chi connectivity index (χ1v) is 3.36. The van der Waals surface area contributed by atoms with Crippen molar-refractivity contribution in [3.63, 3.8) is 0 Å². The van der Waals surface area contributed by atoms with Crippen LogP contribution in [0.5, 0.6) is 0 Å². The molecular formula is C9H10FN. The molecular weight excluding hydrogens is 141 g/mol. The number of benzene rings is 1. The van der Waals surface area contributed by atoms with Crippen LogP contribution in [0.15, 0.2) is 24.3 Å². The Kier molecular flexibility index (Phi) is 3.90. The molecule has 0 aliphatic heterocycles. The van der Waals surface area contributed by atoms with Crippen LogP contribution in [0.25, 0.3) is 0 Å². The van der Waals surface area contributed by atoms with Crippen molar-refractivity contribution in [3.05, 3.63) is 35.4 Å². The van der Waals surface area contributed by atoms with Crippen molar-refractivity contribution in [2.45, 2.75) is 13.3 Å². The van der Waals surface area contributed by atoms with Gasteiger partial charge in [0.15, 0.2) is 0 Å². The summed E-state index contributed by atoms with van der Waals surface area (Å²) < 4.78 is 0. The van der Waals surface area contributed by atoms with E-state index < -0.39 is 0 Å². The third-order valence-corrected chi connectivity index (χ3v) is 1.49. The van der Waals surface area contributed by atoms with Crippen molar-refractivity contribution in [2.24, 2.45) is 0 Å². The Labute approximate surface area is 65.6 Å². The van der Waals surface area contributed by atoms with Gasteiger partial charge in [-0.3, -0.25) is 4.70 Å². The standard InChI is InChI=1S/C9H9N.FH/c1-2-8-3-5-9(7-10)6-4-8;/h3-6H,2H2,1H3;1H. The summed E-state index contributed by atoms with van der Waals surface area (Å²) >= 11 is 0. The Hall–Kier alpha value is -1.36. The molecule has 0 aliphatic rings. The van der Waals surface area contributed by atoms with Crippen LogP contribution in [0.1, 0.15) is 18.1 Å². The van der Waals surface area contributed by atoms with Crippen molar-refractivity contribution >= 4 is 0 Å². The van der Waals surface area contributed by atoms with E-state index in [9.17, 15) is 0 Å². The van der Waals surface area contributed by atoms with Crippen molar-refractivity contribution in [1.82, 2.24) is 0 Å². The number of hydrogen-bond acceptors (Lipinski definition) is 1. The number of aryl methyl sites for hydroxylation is 1. The van der Waals surface area contributed by atoms with Gasteiger partial charge in [-0.05, 0) is 24.1 Å². The van der Waals surface area contributed by atoms with E-state index >= 15 is 0 Å². The highest BCUT2D eigenvalue weighted by Crippen LogP contribution is 2.02. The quantitative estimate of drug-likeness (QED) is 0.604. The van der Waals surface area contributed by atoms with Crippen molar-refractivity contribution in [3.8, 4) is 6.07 Å². The van der Waals surface area contributed by atoms with Crippen LogP contribution in [-0.2, 0) is 6.42 Å². The molecule has 0 atom stereocenters. The molecule has 2 heteroatoms. The molecule has 11 heavy (non-hydrogen) atoms. The SMILES string of the molecule is CCc1ccc(C#N)cc1.F. The zero-order chi connectivity index (χ0) is 7.40. The molecule has 0 N–H and O–H groups in total. The van der Waals surface area contributed by atoms with Crippen molar-refractivity contribution in [1.29, 1.82) is 5.26 Å². The average molecular weight is 151 g/mol. The van der Waals surface area contributed by atoms with E-state index in [1.807, 2.05) is 24.3 Å².